The number of carbonyl (C=O) groups excluding carboxylic acids is 1. The van der Waals surface area contributed by atoms with Gasteiger partial charge in [0, 0.05) is 36.8 Å². The molecule has 1 aromatic rings. The van der Waals surface area contributed by atoms with Crippen molar-refractivity contribution in [1.82, 2.24) is 10.2 Å². The van der Waals surface area contributed by atoms with Gasteiger partial charge in [-0.15, -0.1) is 0 Å². The number of nitrogens with zero attached hydrogens (tertiary/aromatic N) is 2. The van der Waals surface area contributed by atoms with Gasteiger partial charge < -0.3 is 10.2 Å². The van der Waals surface area contributed by atoms with Gasteiger partial charge in [-0.05, 0) is 30.5 Å². The first-order valence-electron chi connectivity index (χ1n) is 9.06. The molecule has 3 rings (SSSR count). The number of halogens is 1. The lowest BCUT2D eigenvalue weighted by Crippen LogP contribution is -2.36. The highest BCUT2D eigenvalue weighted by molar-refractivity contribution is 8.14. The number of rotatable bonds is 5. The maximum atomic E-state index is 12.3. The smallest absolute Gasteiger partial charge is 0.222 e. The Bertz CT molecular complexity index is 614. The minimum Gasteiger partial charge on any atom is -0.352 e. The Hall–Kier alpha value is -1.20. The lowest BCUT2D eigenvalue weighted by molar-refractivity contribution is -0.121. The molecule has 0 spiro atoms. The summed E-state index contributed by atoms with van der Waals surface area (Å²) in [6, 6.07) is 8.29. The fourth-order valence-corrected chi connectivity index (χ4v) is 4.71. The third kappa shape index (κ3) is 5.38. The number of benzene rings is 1. The topological polar surface area (TPSA) is 44.7 Å². The van der Waals surface area contributed by atoms with Crippen LogP contribution in [0.4, 0.5) is 0 Å². The lowest BCUT2D eigenvalue weighted by atomic mass is 9.96. The second-order valence-electron chi connectivity index (χ2n) is 6.89. The van der Waals surface area contributed by atoms with Crippen LogP contribution in [0.1, 0.15) is 44.1 Å². The lowest BCUT2D eigenvalue weighted by Gasteiger charge is -2.23. The molecule has 1 atom stereocenters. The van der Waals surface area contributed by atoms with Crippen LogP contribution in [0.5, 0.6) is 0 Å². The molecule has 1 aliphatic carbocycles. The third-order valence-electron chi connectivity index (χ3n) is 4.95. The van der Waals surface area contributed by atoms with Gasteiger partial charge in [0.05, 0.1) is 6.04 Å². The van der Waals surface area contributed by atoms with Gasteiger partial charge in [-0.1, -0.05) is 54.8 Å². The Morgan fingerprint density at radius 1 is 1.28 bits per heavy atom. The fraction of sp³-hybridized carbons (Fsp3) is 0.579. The third-order valence-corrected chi connectivity index (χ3v) is 6.40. The molecule has 0 radical (unpaired) electrons. The van der Waals surface area contributed by atoms with E-state index in [1.54, 1.807) is 11.8 Å². The number of amides is 1. The van der Waals surface area contributed by atoms with Crippen LogP contribution in [-0.2, 0) is 11.3 Å². The van der Waals surface area contributed by atoms with Gasteiger partial charge in [0.2, 0.25) is 5.91 Å². The van der Waals surface area contributed by atoms with E-state index in [1.807, 2.05) is 24.3 Å². The number of aliphatic imine (C=N–C) groups is 1. The molecule has 1 aliphatic heterocycles. The Morgan fingerprint density at radius 2 is 2.00 bits per heavy atom. The van der Waals surface area contributed by atoms with Crippen molar-refractivity contribution in [1.29, 1.82) is 0 Å². The fourth-order valence-electron chi connectivity index (χ4n) is 3.32. The van der Waals surface area contributed by atoms with Gasteiger partial charge in [-0.25, -0.2) is 0 Å². The minimum atomic E-state index is 0.0892. The zero-order valence-electron chi connectivity index (χ0n) is 14.7. The summed E-state index contributed by atoms with van der Waals surface area (Å²) < 4.78 is 0. The molecule has 1 heterocycles. The number of hydrogen-bond acceptors (Lipinski definition) is 3. The molecule has 4 nitrogen and oxygen atoms in total. The van der Waals surface area contributed by atoms with Crippen molar-refractivity contribution in [2.75, 3.05) is 12.8 Å². The largest absolute Gasteiger partial charge is 0.352 e. The second kappa shape index (κ2) is 8.95. The molecule has 1 amide bonds. The van der Waals surface area contributed by atoms with Crippen LogP contribution in [0, 0.1) is 0 Å². The van der Waals surface area contributed by atoms with E-state index in [0.717, 1.165) is 16.5 Å². The summed E-state index contributed by atoms with van der Waals surface area (Å²) in [5.41, 5.74) is 1.06. The predicted octanol–water partition coefficient (Wildman–Crippen LogP) is 4.08. The van der Waals surface area contributed by atoms with Crippen molar-refractivity contribution >= 4 is 34.4 Å². The van der Waals surface area contributed by atoms with Crippen molar-refractivity contribution in [2.45, 2.75) is 57.2 Å². The quantitative estimate of drug-likeness (QED) is 0.838. The van der Waals surface area contributed by atoms with Crippen LogP contribution in [-0.4, -0.2) is 40.9 Å². The molecule has 1 saturated carbocycles. The number of hydrogen-bond donors (Lipinski definition) is 1. The van der Waals surface area contributed by atoms with E-state index in [1.165, 1.54) is 32.1 Å². The standard InChI is InChI=1S/C19H26ClN3OS/c1-23-17(13-25-19(23)22-16-5-3-2-4-6-16)11-18(24)21-12-14-7-9-15(20)10-8-14/h7-10,16-17H,2-6,11-13H2,1H3,(H,21,24). The Balaban J connectivity index is 1.46. The molecular formula is C19H26ClN3OS. The van der Waals surface area contributed by atoms with Gasteiger partial charge in [0.15, 0.2) is 5.17 Å². The molecule has 136 valence electrons. The molecule has 6 heteroatoms. The average Bonchev–Trinajstić information content (AvgIpc) is 2.95. The summed E-state index contributed by atoms with van der Waals surface area (Å²) >= 11 is 7.67. The number of amidine groups is 1. The number of thioether (sulfide) groups is 1. The van der Waals surface area contributed by atoms with E-state index in [-0.39, 0.29) is 11.9 Å². The first-order chi connectivity index (χ1) is 12.1. The molecule has 2 aliphatic rings. The zero-order chi connectivity index (χ0) is 17.6. The molecule has 25 heavy (non-hydrogen) atoms. The molecule has 1 N–H and O–H groups in total. The SMILES string of the molecule is CN1C(=NC2CCCCC2)SCC1CC(=O)NCc1ccc(Cl)cc1. The van der Waals surface area contributed by atoms with Gasteiger partial charge in [-0.2, -0.15) is 0 Å². The van der Waals surface area contributed by atoms with E-state index < -0.39 is 0 Å². The van der Waals surface area contributed by atoms with Crippen LogP contribution in [0.2, 0.25) is 5.02 Å². The van der Waals surface area contributed by atoms with Crippen LogP contribution in [0.25, 0.3) is 0 Å². The Labute approximate surface area is 159 Å². The van der Waals surface area contributed by atoms with Crippen LogP contribution < -0.4 is 5.32 Å². The Kier molecular flexibility index (Phi) is 6.65. The first-order valence-corrected chi connectivity index (χ1v) is 10.4. The molecule has 1 unspecified atom stereocenters. The van der Waals surface area contributed by atoms with E-state index >= 15 is 0 Å². The highest BCUT2D eigenvalue weighted by atomic mass is 35.5. The van der Waals surface area contributed by atoms with Crippen molar-refractivity contribution in [3.63, 3.8) is 0 Å². The monoisotopic (exact) mass is 379 g/mol. The zero-order valence-corrected chi connectivity index (χ0v) is 16.3. The second-order valence-corrected chi connectivity index (χ2v) is 8.31. The average molecular weight is 380 g/mol. The number of carbonyl (C=O) groups is 1. The van der Waals surface area contributed by atoms with Crippen molar-refractivity contribution < 1.29 is 4.79 Å². The predicted molar refractivity (Wildman–Crippen MR) is 106 cm³/mol. The van der Waals surface area contributed by atoms with Crippen molar-refractivity contribution in [2.24, 2.45) is 4.99 Å². The van der Waals surface area contributed by atoms with E-state index in [2.05, 4.69) is 17.3 Å². The van der Waals surface area contributed by atoms with Gasteiger partial charge >= 0.3 is 0 Å². The number of nitrogens with one attached hydrogen (secondary N) is 1. The Morgan fingerprint density at radius 3 is 2.72 bits per heavy atom. The minimum absolute atomic E-state index is 0.0892. The van der Waals surface area contributed by atoms with Gasteiger partial charge in [0.1, 0.15) is 0 Å². The highest BCUT2D eigenvalue weighted by Crippen LogP contribution is 2.28. The molecule has 2 fully saturated rings. The van der Waals surface area contributed by atoms with Crippen molar-refractivity contribution in [3.8, 4) is 0 Å². The normalized spacial score (nSPS) is 23.2. The summed E-state index contributed by atoms with van der Waals surface area (Å²) in [4.78, 5) is 19.4. The molecule has 0 bridgehead atoms. The summed E-state index contributed by atoms with van der Waals surface area (Å²) in [7, 11) is 2.07. The van der Waals surface area contributed by atoms with Crippen LogP contribution >= 0.6 is 23.4 Å². The summed E-state index contributed by atoms with van der Waals surface area (Å²) in [6.07, 6.45) is 6.88. The summed E-state index contributed by atoms with van der Waals surface area (Å²) in [5, 5.41) is 4.83. The highest BCUT2D eigenvalue weighted by Gasteiger charge is 2.29. The first kappa shape index (κ1) is 18.6. The van der Waals surface area contributed by atoms with Gasteiger partial charge in [-0.3, -0.25) is 9.79 Å². The summed E-state index contributed by atoms with van der Waals surface area (Å²) in [6.45, 7) is 0.544. The summed E-state index contributed by atoms with van der Waals surface area (Å²) in [5.74, 6) is 1.03. The molecule has 1 saturated heterocycles. The maximum absolute atomic E-state index is 12.3. The molecule has 1 aromatic carbocycles. The van der Waals surface area contributed by atoms with E-state index in [4.69, 9.17) is 16.6 Å². The van der Waals surface area contributed by atoms with Crippen molar-refractivity contribution in [3.05, 3.63) is 34.9 Å². The maximum Gasteiger partial charge on any atom is 0.222 e. The molecular weight excluding hydrogens is 354 g/mol. The molecule has 0 aromatic heterocycles. The van der Waals surface area contributed by atoms with Crippen LogP contribution in [0.15, 0.2) is 29.3 Å². The van der Waals surface area contributed by atoms with Crippen LogP contribution in [0.3, 0.4) is 0 Å². The van der Waals surface area contributed by atoms with Gasteiger partial charge in [0.25, 0.3) is 0 Å². The van der Waals surface area contributed by atoms with E-state index in [9.17, 15) is 4.79 Å². The van der Waals surface area contributed by atoms with E-state index in [0.29, 0.717) is 24.0 Å².